The average Bonchev–Trinajstić information content (AvgIpc) is 2.81. The van der Waals surface area contributed by atoms with Crippen LogP contribution in [0.2, 0.25) is 0 Å². The fourth-order valence-corrected chi connectivity index (χ4v) is 4.20. The topological polar surface area (TPSA) is 50.2 Å². The lowest BCUT2D eigenvalue weighted by molar-refractivity contribution is -0.143. The Kier molecular flexibility index (Phi) is 3.27. The Bertz CT molecular complexity index is 620. The second kappa shape index (κ2) is 4.93. The summed E-state index contributed by atoms with van der Waals surface area (Å²) in [5.41, 5.74) is 2.22. The number of carboxylic acids is 1. The summed E-state index contributed by atoms with van der Waals surface area (Å²) in [4.78, 5) is 16.0. The summed E-state index contributed by atoms with van der Waals surface area (Å²) in [6.07, 6.45) is 3.88. The third kappa shape index (κ3) is 2.37. The molecule has 4 heteroatoms. The number of aromatic nitrogens is 1. The Hall–Kier alpha value is -1.42. The van der Waals surface area contributed by atoms with Gasteiger partial charge in [0.2, 0.25) is 0 Å². The molecular weight excluding hydrogens is 258 g/mol. The van der Waals surface area contributed by atoms with Gasteiger partial charge in [-0.3, -0.25) is 4.79 Å². The molecule has 1 aromatic heterocycles. The number of fused-ring (bicyclic) bond motifs is 1. The molecule has 0 aliphatic heterocycles. The van der Waals surface area contributed by atoms with Crippen LogP contribution in [0.25, 0.3) is 10.2 Å². The molecule has 19 heavy (non-hydrogen) atoms. The van der Waals surface area contributed by atoms with Crippen LogP contribution < -0.4 is 0 Å². The molecule has 1 heterocycles. The van der Waals surface area contributed by atoms with E-state index in [2.05, 4.69) is 24.0 Å². The van der Waals surface area contributed by atoms with Gasteiger partial charge >= 0.3 is 5.97 Å². The zero-order valence-corrected chi connectivity index (χ0v) is 11.7. The number of hydrogen-bond acceptors (Lipinski definition) is 3. The number of rotatable bonds is 2. The predicted octanol–water partition coefficient (Wildman–Crippen LogP) is 3.96. The van der Waals surface area contributed by atoms with E-state index in [9.17, 15) is 9.90 Å². The fraction of sp³-hybridized carbons (Fsp3) is 0.467. The Labute approximate surface area is 116 Å². The quantitative estimate of drug-likeness (QED) is 0.902. The number of aliphatic carboxylic acids is 1. The number of hydrogen-bond donors (Lipinski definition) is 1. The maximum Gasteiger partial charge on any atom is 0.307 e. The van der Waals surface area contributed by atoms with E-state index in [-0.39, 0.29) is 11.8 Å². The molecule has 0 bridgehead atoms. The van der Waals surface area contributed by atoms with Crippen molar-refractivity contribution in [3.63, 3.8) is 0 Å². The summed E-state index contributed by atoms with van der Waals surface area (Å²) < 4.78 is 1.17. The summed E-state index contributed by atoms with van der Waals surface area (Å²) in [6, 6.07) is 6.22. The molecule has 0 radical (unpaired) electrons. The van der Waals surface area contributed by atoms with Crippen LogP contribution in [0, 0.1) is 12.8 Å². The zero-order valence-electron chi connectivity index (χ0n) is 10.9. The fourth-order valence-electron chi connectivity index (χ4n) is 2.93. The molecule has 1 aliphatic rings. The van der Waals surface area contributed by atoms with Gasteiger partial charge in [-0.05, 0) is 37.5 Å². The number of carbonyl (C=O) groups is 1. The first kappa shape index (κ1) is 12.6. The van der Waals surface area contributed by atoms with E-state index in [0.29, 0.717) is 0 Å². The molecular formula is C15H17NO2S. The molecule has 2 unspecified atom stereocenters. The van der Waals surface area contributed by atoms with Crippen molar-refractivity contribution < 1.29 is 9.90 Å². The minimum atomic E-state index is -0.667. The predicted molar refractivity (Wildman–Crippen MR) is 76.7 cm³/mol. The minimum Gasteiger partial charge on any atom is -0.481 e. The van der Waals surface area contributed by atoms with Crippen molar-refractivity contribution in [2.75, 3.05) is 0 Å². The summed E-state index contributed by atoms with van der Waals surface area (Å²) in [5.74, 6) is -0.820. The highest BCUT2D eigenvalue weighted by Crippen LogP contribution is 2.40. The second-order valence-corrected chi connectivity index (χ2v) is 6.42. The molecule has 3 rings (SSSR count). The standard InChI is InChI=1S/C15H17NO2S/c1-9-6-7-12-13(8-9)19-14(16-12)10-4-2-3-5-11(10)15(17)18/h6-8,10-11H,2-5H2,1H3,(H,17,18). The summed E-state index contributed by atoms with van der Waals surface area (Å²) in [5, 5.41) is 10.4. The van der Waals surface area contributed by atoms with E-state index in [1.54, 1.807) is 11.3 Å². The van der Waals surface area contributed by atoms with Gasteiger partial charge in [0, 0.05) is 5.92 Å². The van der Waals surface area contributed by atoms with Crippen LogP contribution in [0.3, 0.4) is 0 Å². The maximum atomic E-state index is 11.4. The molecule has 0 saturated heterocycles. The SMILES string of the molecule is Cc1ccc2nc(C3CCCCC3C(=O)O)sc2c1. The van der Waals surface area contributed by atoms with Crippen LogP contribution in [0.4, 0.5) is 0 Å². The number of aryl methyl sites for hydroxylation is 1. The third-order valence-electron chi connectivity index (χ3n) is 3.96. The van der Waals surface area contributed by atoms with E-state index >= 15 is 0 Å². The average molecular weight is 275 g/mol. The summed E-state index contributed by atoms with van der Waals surface area (Å²) >= 11 is 1.66. The Morgan fingerprint density at radius 2 is 2.16 bits per heavy atom. The minimum absolute atomic E-state index is 0.101. The molecule has 1 aliphatic carbocycles. The van der Waals surface area contributed by atoms with E-state index in [0.717, 1.165) is 36.2 Å². The Morgan fingerprint density at radius 1 is 1.37 bits per heavy atom. The van der Waals surface area contributed by atoms with Gasteiger partial charge in [0.1, 0.15) is 0 Å². The molecule has 2 atom stereocenters. The van der Waals surface area contributed by atoms with Crippen molar-refractivity contribution in [3.05, 3.63) is 28.8 Å². The molecule has 1 N–H and O–H groups in total. The first-order chi connectivity index (χ1) is 9.15. The van der Waals surface area contributed by atoms with Gasteiger partial charge < -0.3 is 5.11 Å². The Morgan fingerprint density at radius 3 is 2.95 bits per heavy atom. The molecule has 0 amide bonds. The summed E-state index contributed by atoms with van der Waals surface area (Å²) in [7, 11) is 0. The van der Waals surface area contributed by atoms with E-state index in [4.69, 9.17) is 0 Å². The normalized spacial score (nSPS) is 23.6. The van der Waals surface area contributed by atoms with Crippen molar-refractivity contribution in [1.82, 2.24) is 4.98 Å². The van der Waals surface area contributed by atoms with Gasteiger partial charge in [0.25, 0.3) is 0 Å². The van der Waals surface area contributed by atoms with Gasteiger partial charge in [-0.2, -0.15) is 0 Å². The highest BCUT2D eigenvalue weighted by Gasteiger charge is 2.33. The van der Waals surface area contributed by atoms with Crippen molar-refractivity contribution >= 4 is 27.5 Å². The lowest BCUT2D eigenvalue weighted by Crippen LogP contribution is -2.25. The van der Waals surface area contributed by atoms with Crippen LogP contribution in [-0.4, -0.2) is 16.1 Å². The molecule has 2 aromatic rings. The number of thiazole rings is 1. The summed E-state index contributed by atoms with van der Waals surface area (Å²) in [6.45, 7) is 2.07. The molecule has 1 fully saturated rings. The largest absolute Gasteiger partial charge is 0.481 e. The van der Waals surface area contributed by atoms with Crippen LogP contribution in [0.15, 0.2) is 18.2 Å². The first-order valence-corrected chi connectivity index (χ1v) is 7.56. The van der Waals surface area contributed by atoms with Crippen molar-refractivity contribution in [2.45, 2.75) is 38.5 Å². The third-order valence-corrected chi connectivity index (χ3v) is 5.11. The smallest absolute Gasteiger partial charge is 0.307 e. The van der Waals surface area contributed by atoms with Crippen molar-refractivity contribution in [3.8, 4) is 0 Å². The van der Waals surface area contributed by atoms with Crippen molar-refractivity contribution in [1.29, 1.82) is 0 Å². The van der Waals surface area contributed by atoms with Gasteiger partial charge in [0.15, 0.2) is 0 Å². The molecule has 1 aromatic carbocycles. The van der Waals surface area contributed by atoms with E-state index < -0.39 is 5.97 Å². The van der Waals surface area contributed by atoms with Crippen LogP contribution in [0.1, 0.15) is 42.2 Å². The lowest BCUT2D eigenvalue weighted by atomic mass is 9.79. The highest BCUT2D eigenvalue weighted by atomic mass is 32.1. The van der Waals surface area contributed by atoms with Crippen LogP contribution in [-0.2, 0) is 4.79 Å². The maximum absolute atomic E-state index is 11.4. The zero-order chi connectivity index (χ0) is 13.4. The highest BCUT2D eigenvalue weighted by molar-refractivity contribution is 7.18. The molecule has 3 nitrogen and oxygen atoms in total. The molecule has 0 spiro atoms. The van der Waals surface area contributed by atoms with E-state index in [1.165, 1.54) is 10.3 Å². The van der Waals surface area contributed by atoms with E-state index in [1.807, 2.05) is 6.07 Å². The van der Waals surface area contributed by atoms with Gasteiger partial charge in [-0.25, -0.2) is 4.98 Å². The lowest BCUT2D eigenvalue weighted by Gasteiger charge is -2.26. The van der Waals surface area contributed by atoms with Crippen LogP contribution >= 0.6 is 11.3 Å². The number of benzene rings is 1. The van der Waals surface area contributed by atoms with Gasteiger partial charge in [-0.1, -0.05) is 18.9 Å². The van der Waals surface area contributed by atoms with Crippen LogP contribution in [0.5, 0.6) is 0 Å². The van der Waals surface area contributed by atoms with Gasteiger partial charge in [-0.15, -0.1) is 11.3 Å². The number of nitrogens with zero attached hydrogens (tertiary/aromatic N) is 1. The number of carboxylic acid groups (broad SMARTS) is 1. The monoisotopic (exact) mass is 275 g/mol. The second-order valence-electron chi connectivity index (χ2n) is 5.36. The molecule has 1 saturated carbocycles. The van der Waals surface area contributed by atoms with Crippen molar-refractivity contribution in [2.24, 2.45) is 5.92 Å². The Balaban J connectivity index is 1.99. The van der Waals surface area contributed by atoms with Gasteiger partial charge in [0.05, 0.1) is 21.1 Å². The molecule has 100 valence electrons. The first-order valence-electron chi connectivity index (χ1n) is 6.75.